The molecule has 0 saturated heterocycles. The van der Waals surface area contributed by atoms with Crippen LogP contribution in [-0.4, -0.2) is 17.3 Å². The third-order valence-corrected chi connectivity index (χ3v) is 3.89. The molecule has 0 spiro atoms. The fourth-order valence-corrected chi connectivity index (χ4v) is 2.97. The molecule has 0 radical (unpaired) electrons. The van der Waals surface area contributed by atoms with Gasteiger partial charge in [-0.3, -0.25) is 0 Å². The van der Waals surface area contributed by atoms with Gasteiger partial charge in [0.2, 0.25) is 0 Å². The molecule has 0 fully saturated rings. The summed E-state index contributed by atoms with van der Waals surface area (Å²) in [5.74, 6) is 0.672. The van der Waals surface area contributed by atoms with Crippen LogP contribution in [0.15, 0.2) is 72.8 Å². The summed E-state index contributed by atoms with van der Waals surface area (Å²) in [6.07, 6.45) is 0. The van der Waals surface area contributed by atoms with E-state index in [0.717, 1.165) is 22.1 Å². The van der Waals surface area contributed by atoms with Crippen LogP contribution in [0, 0.1) is 0 Å². The monoisotopic (exact) mass is 287 g/mol. The quantitative estimate of drug-likeness (QED) is 0.586. The first-order chi connectivity index (χ1) is 10.9. The van der Waals surface area contributed by atoms with E-state index in [1.165, 1.54) is 5.39 Å². The first-order valence-corrected chi connectivity index (χ1v) is 7.21. The minimum absolute atomic E-state index is 0.317. The summed E-state index contributed by atoms with van der Waals surface area (Å²) in [5.41, 5.74) is 3.41. The lowest BCUT2D eigenvalue weighted by atomic mass is 10.1. The molecule has 1 N–H and O–H groups in total. The molecule has 1 aromatic heterocycles. The number of hydrogen-bond donors (Lipinski definition) is 1. The molecular weight excluding hydrogens is 273 g/mol. The van der Waals surface area contributed by atoms with Crippen molar-refractivity contribution in [2.45, 2.75) is 0 Å². The van der Waals surface area contributed by atoms with Crippen molar-refractivity contribution in [3.05, 3.63) is 72.8 Å². The zero-order valence-electron chi connectivity index (χ0n) is 11.9. The Morgan fingerprint density at radius 2 is 1.50 bits per heavy atom. The maximum atomic E-state index is 8.96. The van der Waals surface area contributed by atoms with Crippen molar-refractivity contribution < 1.29 is 9.68 Å². The van der Waals surface area contributed by atoms with Gasteiger partial charge in [0.1, 0.15) is 5.75 Å². The van der Waals surface area contributed by atoms with Crippen molar-refractivity contribution in [1.82, 2.24) is 4.57 Å². The molecular formula is C18H14BNO2. The molecule has 1 heterocycles. The molecule has 4 aromatic rings. The summed E-state index contributed by atoms with van der Waals surface area (Å²) < 4.78 is 7.47. The van der Waals surface area contributed by atoms with E-state index in [2.05, 4.69) is 28.8 Å². The summed E-state index contributed by atoms with van der Waals surface area (Å²) in [6, 6.07) is 24.5. The first kappa shape index (κ1) is 13.0. The number of nitrogens with zero attached hydrogens (tertiary/aromatic N) is 1. The van der Waals surface area contributed by atoms with Gasteiger partial charge in [0, 0.05) is 16.5 Å². The van der Waals surface area contributed by atoms with E-state index in [9.17, 15) is 0 Å². The highest BCUT2D eigenvalue weighted by Gasteiger charge is 2.12. The zero-order valence-corrected chi connectivity index (χ0v) is 11.9. The largest absolute Gasteiger partial charge is 0.539 e. The molecule has 0 aliphatic rings. The Hall–Kier alpha value is -2.72. The van der Waals surface area contributed by atoms with Gasteiger partial charge in [-0.25, -0.2) is 0 Å². The Balaban J connectivity index is 2.10. The molecule has 0 unspecified atom stereocenters. The van der Waals surface area contributed by atoms with Gasteiger partial charge >= 0.3 is 7.69 Å². The van der Waals surface area contributed by atoms with Gasteiger partial charge < -0.3 is 14.2 Å². The van der Waals surface area contributed by atoms with Crippen LogP contribution >= 0.6 is 0 Å². The molecule has 0 atom stereocenters. The number of aromatic nitrogens is 1. The second-order valence-corrected chi connectivity index (χ2v) is 5.14. The van der Waals surface area contributed by atoms with Crippen LogP contribution in [0.4, 0.5) is 0 Å². The fraction of sp³-hybridized carbons (Fsp3) is 0. The Kier molecular flexibility index (Phi) is 3.09. The number of fused-ring (bicyclic) bond motifs is 3. The lowest BCUT2D eigenvalue weighted by Gasteiger charge is -2.07. The lowest BCUT2D eigenvalue weighted by molar-refractivity contribution is 0.454. The highest BCUT2D eigenvalue weighted by molar-refractivity contribution is 6.17. The molecule has 0 aliphatic carbocycles. The first-order valence-electron chi connectivity index (χ1n) is 7.21. The molecule has 4 rings (SSSR count). The predicted molar refractivity (Wildman–Crippen MR) is 90.8 cm³/mol. The number of hydrogen-bond acceptors (Lipinski definition) is 2. The van der Waals surface area contributed by atoms with Crippen LogP contribution in [0.5, 0.6) is 5.75 Å². The van der Waals surface area contributed by atoms with Gasteiger partial charge in [-0.1, -0.05) is 36.4 Å². The van der Waals surface area contributed by atoms with E-state index in [-0.39, 0.29) is 7.69 Å². The number of para-hydroxylation sites is 2. The van der Waals surface area contributed by atoms with Gasteiger partial charge in [-0.05, 0) is 36.4 Å². The molecule has 22 heavy (non-hydrogen) atoms. The topological polar surface area (TPSA) is 34.4 Å². The summed E-state index contributed by atoms with van der Waals surface area (Å²) in [5, 5.41) is 11.2. The van der Waals surface area contributed by atoms with E-state index in [4.69, 9.17) is 9.68 Å². The molecule has 3 nitrogen and oxygen atoms in total. The highest BCUT2D eigenvalue weighted by atomic mass is 16.5. The van der Waals surface area contributed by atoms with E-state index >= 15 is 0 Å². The summed E-state index contributed by atoms with van der Waals surface area (Å²) in [6.45, 7) is 0. The van der Waals surface area contributed by atoms with Gasteiger partial charge in [-0.15, -0.1) is 0 Å². The second kappa shape index (κ2) is 5.24. The summed E-state index contributed by atoms with van der Waals surface area (Å²) in [4.78, 5) is 0. The van der Waals surface area contributed by atoms with Gasteiger partial charge in [0.05, 0.1) is 11.0 Å². The molecule has 106 valence electrons. The number of benzene rings is 3. The second-order valence-electron chi connectivity index (χ2n) is 5.14. The van der Waals surface area contributed by atoms with E-state index in [0.29, 0.717) is 5.75 Å². The van der Waals surface area contributed by atoms with Crippen molar-refractivity contribution in [1.29, 1.82) is 0 Å². The summed E-state index contributed by atoms with van der Waals surface area (Å²) >= 11 is 0. The minimum Gasteiger partial charge on any atom is -0.539 e. The standard InChI is InChI=1S/C18H14BNO2/c21-19-22-14-10-11-18-16(12-14)15-8-4-5-9-17(15)20(18)13-6-2-1-3-7-13/h1-12,19,21H. The van der Waals surface area contributed by atoms with Crippen molar-refractivity contribution in [2.75, 3.05) is 0 Å². The molecule has 0 saturated carbocycles. The van der Waals surface area contributed by atoms with Crippen LogP contribution < -0.4 is 4.65 Å². The Morgan fingerprint density at radius 3 is 2.32 bits per heavy atom. The van der Waals surface area contributed by atoms with Crippen LogP contribution in [0.3, 0.4) is 0 Å². The van der Waals surface area contributed by atoms with Gasteiger partial charge in [0.25, 0.3) is 0 Å². The molecule has 0 aliphatic heterocycles. The van der Waals surface area contributed by atoms with Gasteiger partial charge in [-0.2, -0.15) is 0 Å². The van der Waals surface area contributed by atoms with Crippen LogP contribution in [-0.2, 0) is 0 Å². The lowest BCUT2D eigenvalue weighted by Crippen LogP contribution is -1.99. The smallest absolute Gasteiger partial charge is 0.504 e. The molecule has 4 heteroatoms. The SMILES string of the molecule is OBOc1ccc2c(c1)c1ccccc1n2-c1ccccc1. The van der Waals surface area contributed by atoms with E-state index in [1.807, 2.05) is 48.5 Å². The van der Waals surface area contributed by atoms with Crippen LogP contribution in [0.25, 0.3) is 27.5 Å². The predicted octanol–water partition coefficient (Wildman–Crippen LogP) is 3.42. The number of rotatable bonds is 3. The van der Waals surface area contributed by atoms with Crippen molar-refractivity contribution >= 4 is 29.5 Å². The third kappa shape index (κ3) is 1.97. The van der Waals surface area contributed by atoms with Crippen molar-refractivity contribution in [2.24, 2.45) is 0 Å². The highest BCUT2D eigenvalue weighted by Crippen LogP contribution is 2.33. The maximum Gasteiger partial charge on any atom is 0.504 e. The Labute approximate surface area is 128 Å². The summed E-state index contributed by atoms with van der Waals surface area (Å²) in [7, 11) is -0.317. The molecule has 0 amide bonds. The van der Waals surface area contributed by atoms with Gasteiger partial charge in [0.15, 0.2) is 0 Å². The van der Waals surface area contributed by atoms with E-state index < -0.39 is 0 Å². The normalized spacial score (nSPS) is 11.0. The Morgan fingerprint density at radius 1 is 0.773 bits per heavy atom. The van der Waals surface area contributed by atoms with Crippen LogP contribution in [0.1, 0.15) is 0 Å². The Bertz CT molecular complexity index is 947. The average Bonchev–Trinajstić information content (AvgIpc) is 2.90. The van der Waals surface area contributed by atoms with E-state index in [1.54, 1.807) is 0 Å². The molecule has 3 aromatic carbocycles. The van der Waals surface area contributed by atoms with Crippen LogP contribution in [0.2, 0.25) is 0 Å². The third-order valence-electron chi connectivity index (χ3n) is 3.89. The fourth-order valence-electron chi connectivity index (χ4n) is 2.97. The average molecular weight is 287 g/mol. The minimum atomic E-state index is -0.317. The maximum absolute atomic E-state index is 8.96. The zero-order chi connectivity index (χ0) is 14.9. The van der Waals surface area contributed by atoms with Crippen molar-refractivity contribution in [3.63, 3.8) is 0 Å². The van der Waals surface area contributed by atoms with Crippen molar-refractivity contribution in [3.8, 4) is 11.4 Å². The molecule has 0 bridgehead atoms.